The molecule has 0 unspecified atom stereocenters. The molecule has 2 N–H and O–H groups in total. The van der Waals surface area contributed by atoms with Crippen LogP contribution in [0, 0.1) is 5.92 Å². The predicted molar refractivity (Wildman–Crippen MR) is 149 cm³/mol. The first-order valence-electron chi connectivity index (χ1n) is 12.6. The fraction of sp³-hybridized carbons (Fsp3) is 0.250. The zero-order valence-corrected chi connectivity index (χ0v) is 22.2. The van der Waals surface area contributed by atoms with Gasteiger partial charge in [0, 0.05) is 41.2 Å². The van der Waals surface area contributed by atoms with E-state index in [2.05, 4.69) is 20.2 Å². The summed E-state index contributed by atoms with van der Waals surface area (Å²) in [6, 6.07) is 21.0. The van der Waals surface area contributed by atoms with Gasteiger partial charge in [-0.2, -0.15) is 0 Å². The topological polar surface area (TPSA) is 110 Å². The van der Waals surface area contributed by atoms with Gasteiger partial charge in [-0.25, -0.2) is 18.1 Å². The van der Waals surface area contributed by atoms with Gasteiger partial charge in [-0.1, -0.05) is 53.7 Å². The monoisotopic (exact) mass is 545 g/mol. The maximum atomic E-state index is 13.0. The lowest BCUT2D eigenvalue weighted by molar-refractivity contribution is 0.337. The van der Waals surface area contributed by atoms with Crippen molar-refractivity contribution in [2.24, 2.45) is 5.92 Å². The van der Waals surface area contributed by atoms with Crippen LogP contribution in [0.2, 0.25) is 0 Å². The molecule has 10 heteroatoms. The van der Waals surface area contributed by atoms with E-state index in [0.717, 1.165) is 53.2 Å². The largest absolute Gasteiger partial charge is 0.359 e. The number of anilines is 1. The van der Waals surface area contributed by atoms with Gasteiger partial charge in [-0.3, -0.25) is 4.98 Å². The Morgan fingerprint density at radius 2 is 1.76 bits per heavy atom. The summed E-state index contributed by atoms with van der Waals surface area (Å²) in [6.07, 6.45) is 5.41. The Morgan fingerprint density at radius 1 is 0.947 bits per heavy atom. The second kappa shape index (κ2) is 10.6. The van der Waals surface area contributed by atoms with Crippen molar-refractivity contribution in [3.8, 4) is 22.7 Å². The summed E-state index contributed by atoms with van der Waals surface area (Å²) in [5, 5.41) is 11.4. The van der Waals surface area contributed by atoms with Crippen molar-refractivity contribution in [1.29, 1.82) is 0 Å². The Balaban J connectivity index is 1.02. The molecule has 5 aromatic rings. The van der Waals surface area contributed by atoms with Crippen LogP contribution in [0.1, 0.15) is 25.7 Å². The molecule has 0 atom stereocenters. The van der Waals surface area contributed by atoms with E-state index in [1.54, 1.807) is 35.7 Å². The minimum absolute atomic E-state index is 0.230. The van der Waals surface area contributed by atoms with Gasteiger partial charge in [0.25, 0.3) is 0 Å². The van der Waals surface area contributed by atoms with Crippen LogP contribution in [0.4, 0.5) is 5.13 Å². The van der Waals surface area contributed by atoms with Gasteiger partial charge < -0.3 is 9.84 Å². The van der Waals surface area contributed by atoms with E-state index in [4.69, 9.17) is 9.51 Å². The summed E-state index contributed by atoms with van der Waals surface area (Å²) in [4.78, 5) is 9.22. The molecule has 0 saturated heterocycles. The molecule has 6 rings (SSSR count). The van der Waals surface area contributed by atoms with Crippen LogP contribution in [-0.2, 0) is 10.0 Å². The van der Waals surface area contributed by atoms with Crippen molar-refractivity contribution in [2.45, 2.75) is 36.6 Å². The second-order valence-corrected chi connectivity index (χ2v) is 12.1. The molecule has 1 saturated carbocycles. The number of para-hydroxylation sites is 1. The molecule has 8 nitrogen and oxygen atoms in total. The van der Waals surface area contributed by atoms with Crippen molar-refractivity contribution < 1.29 is 12.9 Å². The lowest BCUT2D eigenvalue weighted by atomic mass is 9.86. The number of rotatable bonds is 8. The van der Waals surface area contributed by atoms with Crippen molar-refractivity contribution >= 4 is 37.4 Å². The molecule has 38 heavy (non-hydrogen) atoms. The highest BCUT2D eigenvalue weighted by atomic mass is 32.2. The van der Waals surface area contributed by atoms with Crippen molar-refractivity contribution in [3.05, 3.63) is 78.3 Å². The van der Waals surface area contributed by atoms with Crippen LogP contribution < -0.4 is 10.0 Å². The van der Waals surface area contributed by atoms with Crippen molar-refractivity contribution in [3.63, 3.8) is 0 Å². The highest BCUT2D eigenvalue weighted by Crippen LogP contribution is 2.31. The van der Waals surface area contributed by atoms with Crippen LogP contribution in [0.5, 0.6) is 0 Å². The van der Waals surface area contributed by atoms with Gasteiger partial charge in [0.2, 0.25) is 10.0 Å². The van der Waals surface area contributed by atoms with Crippen LogP contribution in [0.3, 0.4) is 0 Å². The first kappa shape index (κ1) is 24.7. The third-order valence-corrected chi connectivity index (χ3v) is 9.19. The number of hydrogen-bond donors (Lipinski definition) is 2. The van der Waals surface area contributed by atoms with Crippen LogP contribution in [0.25, 0.3) is 33.6 Å². The molecule has 3 aromatic heterocycles. The predicted octanol–water partition coefficient (Wildman–Crippen LogP) is 5.96. The maximum Gasteiger partial charge on any atom is 0.242 e. The molecule has 0 spiro atoms. The highest BCUT2D eigenvalue weighted by Gasteiger charge is 2.25. The van der Waals surface area contributed by atoms with Crippen LogP contribution >= 0.6 is 11.3 Å². The number of sulfonamides is 1. The molecule has 1 aliphatic carbocycles. The smallest absolute Gasteiger partial charge is 0.242 e. The number of hydrogen-bond acceptors (Lipinski definition) is 8. The van der Waals surface area contributed by atoms with Crippen molar-refractivity contribution in [2.75, 3.05) is 11.9 Å². The SMILES string of the molecule is O=S(=O)(NC[C@H]1CC[C@H](Nc2nc(-c3cc(-c4ccccc4)no3)cs2)CC1)c1cccc2cccnc12. The summed E-state index contributed by atoms with van der Waals surface area (Å²) in [7, 11) is -3.64. The van der Waals surface area contributed by atoms with E-state index >= 15 is 0 Å². The number of fused-ring (bicyclic) bond motifs is 1. The van der Waals surface area contributed by atoms with Crippen LogP contribution in [0.15, 0.2) is 87.7 Å². The van der Waals surface area contributed by atoms with Crippen molar-refractivity contribution in [1.82, 2.24) is 19.8 Å². The van der Waals surface area contributed by atoms with Gasteiger partial charge in [-0.15, -0.1) is 11.3 Å². The third kappa shape index (κ3) is 5.33. The lowest BCUT2D eigenvalue weighted by Crippen LogP contribution is -2.34. The number of pyridine rings is 1. The molecule has 2 aromatic carbocycles. The standard InChI is InChI=1S/C28H27N5O3S2/c34-38(35,26-10-4-8-21-9-5-15-29-27(21)26)30-17-19-11-13-22(14-12-19)31-28-32-24(18-37-28)25-16-23(33-36-25)20-6-2-1-3-7-20/h1-10,15-16,18-19,22,30H,11-14,17H2,(H,31,32)/t19-,22-. The molecule has 1 fully saturated rings. The average molecular weight is 546 g/mol. The number of aromatic nitrogens is 3. The van der Waals surface area contributed by atoms with Gasteiger partial charge in [0.1, 0.15) is 16.3 Å². The van der Waals surface area contributed by atoms with Gasteiger partial charge in [-0.05, 0) is 43.7 Å². The molecular formula is C28H27N5O3S2. The van der Waals surface area contributed by atoms with E-state index in [0.29, 0.717) is 29.8 Å². The molecule has 1 aliphatic rings. The number of nitrogens with one attached hydrogen (secondary N) is 2. The van der Waals surface area contributed by atoms with E-state index in [-0.39, 0.29) is 4.90 Å². The maximum absolute atomic E-state index is 13.0. The van der Waals surface area contributed by atoms with E-state index in [1.807, 2.05) is 53.9 Å². The van der Waals surface area contributed by atoms with Crippen LogP contribution in [-0.4, -0.2) is 36.1 Å². The Kier molecular flexibility index (Phi) is 6.92. The molecule has 0 amide bonds. The summed E-state index contributed by atoms with van der Waals surface area (Å²) in [5.41, 5.74) is 3.05. The number of thiazole rings is 1. The number of benzene rings is 2. The fourth-order valence-electron chi connectivity index (χ4n) is 4.88. The van der Waals surface area contributed by atoms with Gasteiger partial charge in [0.15, 0.2) is 10.9 Å². The normalized spacial score (nSPS) is 18.0. The Hall–Kier alpha value is -3.60. The summed E-state index contributed by atoms with van der Waals surface area (Å²) in [5.74, 6) is 0.939. The third-order valence-electron chi connectivity index (χ3n) is 6.96. The quantitative estimate of drug-likeness (QED) is 0.247. The van der Waals surface area contributed by atoms with E-state index in [1.165, 1.54) is 0 Å². The van der Waals surface area contributed by atoms with Gasteiger partial charge in [0.05, 0.1) is 5.52 Å². The van der Waals surface area contributed by atoms with E-state index in [9.17, 15) is 8.42 Å². The summed E-state index contributed by atoms with van der Waals surface area (Å²) in [6.45, 7) is 0.426. The summed E-state index contributed by atoms with van der Waals surface area (Å²) < 4.78 is 34.4. The fourth-order valence-corrected chi connectivity index (χ4v) is 6.95. The van der Waals surface area contributed by atoms with Gasteiger partial charge >= 0.3 is 0 Å². The highest BCUT2D eigenvalue weighted by molar-refractivity contribution is 7.89. The Labute approximate surface area is 225 Å². The molecule has 0 aliphatic heterocycles. The zero-order chi connectivity index (χ0) is 26.0. The zero-order valence-electron chi connectivity index (χ0n) is 20.6. The molecule has 0 radical (unpaired) electrons. The average Bonchev–Trinajstić information content (AvgIpc) is 3.63. The lowest BCUT2D eigenvalue weighted by Gasteiger charge is -2.29. The Morgan fingerprint density at radius 3 is 2.61 bits per heavy atom. The molecule has 194 valence electrons. The first-order valence-corrected chi connectivity index (χ1v) is 15.0. The first-order chi connectivity index (χ1) is 18.5. The van der Waals surface area contributed by atoms with E-state index < -0.39 is 10.0 Å². The minimum atomic E-state index is -3.64. The molecule has 0 bridgehead atoms. The number of nitrogens with zero attached hydrogens (tertiary/aromatic N) is 3. The second-order valence-electron chi connectivity index (χ2n) is 9.53. The molecular weight excluding hydrogens is 518 g/mol. The molecule has 3 heterocycles. The Bertz CT molecular complexity index is 1640. The summed E-state index contributed by atoms with van der Waals surface area (Å²) >= 11 is 1.55. The minimum Gasteiger partial charge on any atom is -0.359 e.